The molecule has 0 saturated heterocycles. The Morgan fingerprint density at radius 1 is 0.857 bits per heavy atom. The summed E-state index contributed by atoms with van der Waals surface area (Å²) < 4.78 is 18.5. The van der Waals surface area contributed by atoms with Crippen LogP contribution in [-0.2, 0) is 31.0 Å². The molecule has 0 fully saturated rings. The van der Waals surface area contributed by atoms with Gasteiger partial charge in [-0.25, -0.2) is 9.59 Å². The number of hydrogen-bond acceptors (Lipinski definition) is 6. The molecule has 0 bridgehead atoms. The first-order chi connectivity index (χ1) is 20.0. The van der Waals surface area contributed by atoms with Crippen molar-refractivity contribution in [1.29, 1.82) is 0 Å². The van der Waals surface area contributed by atoms with Crippen LogP contribution in [0.25, 0.3) is 0 Å². The van der Waals surface area contributed by atoms with Gasteiger partial charge in [-0.1, -0.05) is 66.2 Å². The predicted octanol–water partition coefficient (Wildman–Crippen LogP) is 6.79. The number of nitrogens with zero attached hydrogens (tertiary/aromatic N) is 2. The molecule has 0 radical (unpaired) electrons. The molecule has 0 saturated carbocycles. The molecule has 2 amide bonds. The lowest BCUT2D eigenvalue weighted by molar-refractivity contribution is 0.0523. The Hall–Kier alpha value is -4.50. The van der Waals surface area contributed by atoms with Gasteiger partial charge in [0.05, 0.1) is 6.54 Å². The van der Waals surface area contributed by atoms with Crippen molar-refractivity contribution < 1.29 is 23.8 Å². The number of carbonyl (C=O) groups excluding carboxylic acids is 2. The monoisotopic (exact) mass is 590 g/mol. The molecule has 1 aromatic heterocycles. The molecule has 2 N–H and O–H groups in total. The van der Waals surface area contributed by atoms with E-state index in [1.807, 2.05) is 94.4 Å². The maximum absolute atomic E-state index is 12.5. The Morgan fingerprint density at radius 2 is 1.50 bits per heavy atom. The van der Waals surface area contributed by atoms with E-state index in [9.17, 15) is 9.59 Å². The first-order valence-electron chi connectivity index (χ1n) is 13.5. The summed E-state index contributed by atoms with van der Waals surface area (Å²) in [5.74, 6) is 0.882. The zero-order valence-electron chi connectivity index (χ0n) is 24.1. The first-order valence-corrected chi connectivity index (χ1v) is 13.9. The second-order valence-corrected chi connectivity index (χ2v) is 11.2. The highest BCUT2D eigenvalue weighted by Crippen LogP contribution is 2.26. The van der Waals surface area contributed by atoms with Crippen LogP contribution >= 0.6 is 11.6 Å². The van der Waals surface area contributed by atoms with Crippen LogP contribution in [0.3, 0.4) is 0 Å². The van der Waals surface area contributed by atoms with Crippen LogP contribution in [0.2, 0.25) is 5.02 Å². The molecule has 10 heteroatoms. The molecule has 0 atom stereocenters. The van der Waals surface area contributed by atoms with Crippen LogP contribution in [0, 0.1) is 6.92 Å². The Bertz CT molecular complexity index is 1500. The molecule has 0 aliphatic rings. The normalized spacial score (nSPS) is 11.1. The average Bonchev–Trinajstić information content (AvgIpc) is 3.28. The van der Waals surface area contributed by atoms with Crippen molar-refractivity contribution in [3.8, 4) is 11.6 Å². The maximum atomic E-state index is 12.5. The molecule has 4 rings (SSSR count). The van der Waals surface area contributed by atoms with Gasteiger partial charge in [0.1, 0.15) is 18.0 Å². The number of hydrogen-bond donors (Lipinski definition) is 2. The van der Waals surface area contributed by atoms with Gasteiger partial charge in [0, 0.05) is 35.4 Å². The van der Waals surface area contributed by atoms with Gasteiger partial charge < -0.3 is 24.8 Å². The number of rotatable bonds is 10. The lowest BCUT2D eigenvalue weighted by Crippen LogP contribution is -2.32. The Morgan fingerprint density at radius 3 is 2.14 bits per heavy atom. The third-order valence-electron chi connectivity index (χ3n) is 6.03. The fraction of sp³-hybridized carbons (Fsp3) is 0.281. The fourth-order valence-corrected chi connectivity index (χ4v) is 4.16. The summed E-state index contributed by atoms with van der Waals surface area (Å²) >= 11 is 6.27. The van der Waals surface area contributed by atoms with Crippen LogP contribution in [0.15, 0.2) is 78.9 Å². The third kappa shape index (κ3) is 9.55. The number of aromatic nitrogens is 2. The van der Waals surface area contributed by atoms with Crippen LogP contribution in [0.4, 0.5) is 9.59 Å². The molecule has 42 heavy (non-hydrogen) atoms. The topological polar surface area (TPSA) is 104 Å². The molecule has 9 nitrogen and oxygen atoms in total. The van der Waals surface area contributed by atoms with Crippen LogP contribution < -0.4 is 20.1 Å². The van der Waals surface area contributed by atoms with E-state index in [4.69, 9.17) is 25.8 Å². The quantitative estimate of drug-likeness (QED) is 0.211. The van der Waals surface area contributed by atoms with E-state index in [0.717, 1.165) is 27.9 Å². The van der Waals surface area contributed by atoms with Gasteiger partial charge in [-0.3, -0.25) is 4.68 Å². The Kier molecular flexibility index (Phi) is 10.1. The number of benzene rings is 3. The lowest BCUT2D eigenvalue weighted by Gasteiger charge is -2.19. The summed E-state index contributed by atoms with van der Waals surface area (Å²) in [5.41, 5.74) is 3.94. The van der Waals surface area contributed by atoms with Gasteiger partial charge in [-0.05, 0) is 62.6 Å². The molecule has 1 heterocycles. The highest BCUT2D eigenvalue weighted by atomic mass is 35.5. The van der Waals surface area contributed by atoms with E-state index < -0.39 is 17.8 Å². The SMILES string of the molecule is Cc1cc(OC(=O)NCc2ccc(CNC(=O)OC(C)(C)C)cc2)nn1Cc1cc(Cl)ccc1OCc1ccccc1. The van der Waals surface area contributed by atoms with E-state index in [-0.39, 0.29) is 12.4 Å². The maximum Gasteiger partial charge on any atom is 0.414 e. The zero-order chi connectivity index (χ0) is 30.1. The molecule has 3 aromatic carbocycles. The number of amides is 2. The molecule has 0 spiro atoms. The summed E-state index contributed by atoms with van der Waals surface area (Å²) in [7, 11) is 0. The molecule has 4 aromatic rings. The molecular formula is C32H35ClN4O5. The van der Waals surface area contributed by atoms with Crippen LogP contribution in [-0.4, -0.2) is 27.6 Å². The van der Waals surface area contributed by atoms with Gasteiger partial charge in [-0.2, -0.15) is 0 Å². The Labute approximate surface area is 250 Å². The second-order valence-electron chi connectivity index (χ2n) is 10.7. The zero-order valence-corrected chi connectivity index (χ0v) is 24.9. The van der Waals surface area contributed by atoms with Crippen LogP contribution in [0.5, 0.6) is 11.6 Å². The number of halogens is 1. The van der Waals surface area contributed by atoms with Crippen molar-refractivity contribution in [2.75, 3.05) is 0 Å². The summed E-state index contributed by atoms with van der Waals surface area (Å²) in [6, 6.07) is 24.6. The minimum absolute atomic E-state index is 0.183. The van der Waals surface area contributed by atoms with E-state index in [1.165, 1.54) is 0 Å². The van der Waals surface area contributed by atoms with Crippen LogP contribution in [0.1, 0.15) is 48.7 Å². The largest absolute Gasteiger partial charge is 0.489 e. The van der Waals surface area contributed by atoms with Crippen molar-refractivity contribution in [3.63, 3.8) is 0 Å². The van der Waals surface area contributed by atoms with Gasteiger partial charge in [0.2, 0.25) is 5.88 Å². The predicted molar refractivity (Wildman–Crippen MR) is 161 cm³/mol. The van der Waals surface area contributed by atoms with Gasteiger partial charge in [0.15, 0.2) is 0 Å². The lowest BCUT2D eigenvalue weighted by atomic mass is 10.1. The summed E-state index contributed by atoms with van der Waals surface area (Å²) in [5, 5.41) is 10.5. The Balaban J connectivity index is 1.28. The summed E-state index contributed by atoms with van der Waals surface area (Å²) in [4.78, 5) is 24.3. The van der Waals surface area contributed by atoms with Gasteiger partial charge in [-0.15, -0.1) is 5.10 Å². The van der Waals surface area contributed by atoms with Crippen molar-refractivity contribution in [1.82, 2.24) is 20.4 Å². The van der Waals surface area contributed by atoms with E-state index in [0.29, 0.717) is 30.5 Å². The third-order valence-corrected chi connectivity index (χ3v) is 6.27. The number of nitrogens with one attached hydrogen (secondary N) is 2. The second kappa shape index (κ2) is 13.9. The van der Waals surface area contributed by atoms with E-state index in [2.05, 4.69) is 15.7 Å². The number of carbonyl (C=O) groups is 2. The molecule has 0 unspecified atom stereocenters. The van der Waals surface area contributed by atoms with Crippen molar-refractivity contribution in [3.05, 3.63) is 112 Å². The molecule has 0 aliphatic heterocycles. The fourth-order valence-electron chi connectivity index (χ4n) is 3.97. The van der Waals surface area contributed by atoms with Crippen molar-refractivity contribution in [2.45, 2.75) is 59.5 Å². The van der Waals surface area contributed by atoms with Crippen molar-refractivity contribution >= 4 is 23.8 Å². The number of ether oxygens (including phenoxy) is 3. The highest BCUT2D eigenvalue weighted by Gasteiger charge is 2.16. The summed E-state index contributed by atoms with van der Waals surface area (Å²) in [6.07, 6.45) is -1.09. The molecule has 220 valence electrons. The van der Waals surface area contributed by atoms with Gasteiger partial charge >= 0.3 is 12.2 Å². The van der Waals surface area contributed by atoms with Gasteiger partial charge in [0.25, 0.3) is 0 Å². The average molecular weight is 591 g/mol. The van der Waals surface area contributed by atoms with Crippen molar-refractivity contribution in [2.24, 2.45) is 0 Å². The minimum Gasteiger partial charge on any atom is -0.489 e. The first kappa shape index (κ1) is 30.5. The summed E-state index contributed by atoms with van der Waals surface area (Å²) in [6.45, 7) is 8.73. The molecule has 0 aliphatic carbocycles. The highest BCUT2D eigenvalue weighted by molar-refractivity contribution is 6.30. The minimum atomic E-state index is -0.620. The number of aryl methyl sites for hydroxylation is 1. The van der Waals surface area contributed by atoms with E-state index >= 15 is 0 Å². The smallest absolute Gasteiger partial charge is 0.414 e. The molecular weight excluding hydrogens is 556 g/mol. The van der Waals surface area contributed by atoms with E-state index in [1.54, 1.807) is 16.8 Å². The standard InChI is InChI=1S/C32H35ClN4O5/c1-22-16-29(36-37(22)20-26-17-27(33)14-15-28(26)40-21-25-8-6-5-7-9-25)41-30(38)34-18-23-10-12-24(13-11-23)19-35-31(39)42-32(2,3)4/h5-17H,18-21H2,1-4H3,(H,34,38)(H,35,39). The number of alkyl carbamates (subject to hydrolysis) is 1.